The monoisotopic (exact) mass is 295 g/mol. The van der Waals surface area contributed by atoms with Crippen LogP contribution in [0.3, 0.4) is 0 Å². The van der Waals surface area contributed by atoms with Gasteiger partial charge in [0.15, 0.2) is 0 Å². The van der Waals surface area contributed by atoms with Crippen LogP contribution in [-0.2, 0) is 6.54 Å². The van der Waals surface area contributed by atoms with E-state index < -0.39 is 0 Å². The summed E-state index contributed by atoms with van der Waals surface area (Å²) in [5, 5.41) is 4.20. The van der Waals surface area contributed by atoms with E-state index in [0.717, 1.165) is 31.2 Å². The molecule has 2 atom stereocenters. The number of nitrogens with zero attached hydrogens (tertiary/aromatic N) is 2. The Morgan fingerprint density at radius 1 is 1.25 bits per heavy atom. The van der Waals surface area contributed by atoms with E-state index in [2.05, 4.69) is 61.1 Å². The average molecular weight is 296 g/mol. The summed E-state index contributed by atoms with van der Waals surface area (Å²) in [5.74, 6) is 0. The van der Waals surface area contributed by atoms with Gasteiger partial charge in [-0.05, 0) is 45.1 Å². The van der Waals surface area contributed by atoms with Gasteiger partial charge in [0.25, 0.3) is 0 Å². The normalized spacial score (nSPS) is 24.1. The Balaban J connectivity index is 2.12. The molecule has 1 N–H and O–H groups in total. The van der Waals surface area contributed by atoms with Gasteiger partial charge in [-0.25, -0.2) is 0 Å². The summed E-state index contributed by atoms with van der Waals surface area (Å²) >= 11 is 6.49. The summed E-state index contributed by atoms with van der Waals surface area (Å²) in [6.45, 7) is 10.6. The number of nitrogens with one attached hydrogen (secondary N) is 1. The third-order valence-electron chi connectivity index (χ3n) is 4.29. The predicted molar refractivity (Wildman–Crippen MR) is 87.7 cm³/mol. The van der Waals surface area contributed by atoms with Crippen LogP contribution in [0.1, 0.15) is 26.3 Å². The molecule has 0 aromatic heterocycles. The minimum absolute atomic E-state index is 0.552. The number of likely N-dealkylation sites (N-methyl/N-ethyl adjacent to an activating group) is 1. The first-order valence-corrected chi connectivity index (χ1v) is 7.86. The molecule has 2 rings (SSSR count). The standard InChI is InChI=1S/C16H26ClN3/c1-5-18-9-14-6-7-16(15(17)8-14)20-10-12(2)19(4)13(3)11-20/h6-8,12-13,18H,5,9-11H2,1-4H3. The number of hydrogen-bond donors (Lipinski definition) is 1. The second-order valence-electron chi connectivity index (χ2n) is 5.83. The number of anilines is 1. The third-order valence-corrected chi connectivity index (χ3v) is 4.59. The Kier molecular flexibility index (Phi) is 5.30. The van der Waals surface area contributed by atoms with E-state index in [9.17, 15) is 0 Å². The van der Waals surface area contributed by atoms with Crippen LogP contribution in [0.2, 0.25) is 5.02 Å². The zero-order chi connectivity index (χ0) is 14.7. The highest BCUT2D eigenvalue weighted by Crippen LogP contribution is 2.29. The summed E-state index contributed by atoms with van der Waals surface area (Å²) in [6.07, 6.45) is 0. The predicted octanol–water partition coefficient (Wildman–Crippen LogP) is 2.98. The summed E-state index contributed by atoms with van der Waals surface area (Å²) in [6, 6.07) is 7.54. The Morgan fingerprint density at radius 2 is 1.90 bits per heavy atom. The summed E-state index contributed by atoms with van der Waals surface area (Å²) in [4.78, 5) is 4.85. The van der Waals surface area contributed by atoms with Crippen LogP contribution in [0.5, 0.6) is 0 Å². The molecular formula is C16H26ClN3. The van der Waals surface area contributed by atoms with Crippen molar-refractivity contribution in [2.45, 2.75) is 39.4 Å². The largest absolute Gasteiger partial charge is 0.367 e. The second kappa shape index (κ2) is 6.79. The van der Waals surface area contributed by atoms with Gasteiger partial charge in [0.05, 0.1) is 10.7 Å². The minimum atomic E-state index is 0.552. The average Bonchev–Trinajstić information content (AvgIpc) is 2.42. The van der Waals surface area contributed by atoms with Gasteiger partial charge in [-0.1, -0.05) is 24.6 Å². The number of hydrogen-bond acceptors (Lipinski definition) is 3. The lowest BCUT2D eigenvalue weighted by Crippen LogP contribution is -2.55. The molecule has 2 unspecified atom stereocenters. The van der Waals surface area contributed by atoms with Crippen LogP contribution in [0.25, 0.3) is 0 Å². The molecule has 1 fully saturated rings. The first kappa shape index (κ1) is 15.6. The molecule has 0 amide bonds. The molecule has 1 aromatic carbocycles. The van der Waals surface area contributed by atoms with Crippen molar-refractivity contribution < 1.29 is 0 Å². The molecule has 1 heterocycles. The van der Waals surface area contributed by atoms with Crippen LogP contribution in [-0.4, -0.2) is 43.7 Å². The Bertz CT molecular complexity index is 437. The lowest BCUT2D eigenvalue weighted by Gasteiger charge is -2.43. The van der Waals surface area contributed by atoms with E-state index in [1.807, 2.05) is 0 Å². The smallest absolute Gasteiger partial charge is 0.0642 e. The molecule has 1 aliphatic heterocycles. The molecule has 0 saturated carbocycles. The van der Waals surface area contributed by atoms with Gasteiger partial charge in [-0.15, -0.1) is 0 Å². The molecule has 1 aliphatic rings. The van der Waals surface area contributed by atoms with Crippen LogP contribution in [0.15, 0.2) is 18.2 Å². The van der Waals surface area contributed by atoms with Gasteiger partial charge in [-0.3, -0.25) is 4.90 Å². The van der Waals surface area contributed by atoms with Crippen molar-refractivity contribution in [3.8, 4) is 0 Å². The first-order chi connectivity index (χ1) is 9.52. The zero-order valence-corrected chi connectivity index (χ0v) is 13.7. The van der Waals surface area contributed by atoms with Crippen molar-refractivity contribution in [3.05, 3.63) is 28.8 Å². The van der Waals surface area contributed by atoms with Crippen LogP contribution >= 0.6 is 11.6 Å². The zero-order valence-electron chi connectivity index (χ0n) is 13.0. The maximum absolute atomic E-state index is 6.49. The quantitative estimate of drug-likeness (QED) is 0.921. The molecule has 1 aromatic rings. The summed E-state index contributed by atoms with van der Waals surface area (Å²) in [5.41, 5.74) is 2.41. The molecule has 0 spiro atoms. The summed E-state index contributed by atoms with van der Waals surface area (Å²) < 4.78 is 0. The van der Waals surface area contributed by atoms with Crippen LogP contribution < -0.4 is 10.2 Å². The van der Waals surface area contributed by atoms with Gasteiger partial charge in [0.2, 0.25) is 0 Å². The van der Waals surface area contributed by atoms with E-state index in [-0.39, 0.29) is 0 Å². The Hall–Kier alpha value is -0.770. The molecule has 20 heavy (non-hydrogen) atoms. The SMILES string of the molecule is CCNCc1ccc(N2CC(C)N(C)C(C)C2)c(Cl)c1. The maximum Gasteiger partial charge on any atom is 0.0642 e. The van der Waals surface area contributed by atoms with Crippen molar-refractivity contribution in [3.63, 3.8) is 0 Å². The van der Waals surface area contributed by atoms with Crippen molar-refractivity contribution in [2.75, 3.05) is 31.6 Å². The Labute approximate surface area is 127 Å². The lowest BCUT2D eigenvalue weighted by molar-refractivity contribution is 0.170. The second-order valence-corrected chi connectivity index (χ2v) is 6.24. The first-order valence-electron chi connectivity index (χ1n) is 7.49. The van der Waals surface area contributed by atoms with Gasteiger partial charge in [0.1, 0.15) is 0 Å². The van der Waals surface area contributed by atoms with E-state index >= 15 is 0 Å². The van der Waals surface area contributed by atoms with Crippen LogP contribution in [0, 0.1) is 0 Å². The fraction of sp³-hybridized carbons (Fsp3) is 0.625. The molecular weight excluding hydrogens is 270 g/mol. The van der Waals surface area contributed by atoms with Crippen molar-refractivity contribution >= 4 is 17.3 Å². The highest BCUT2D eigenvalue weighted by atomic mass is 35.5. The van der Waals surface area contributed by atoms with Gasteiger partial charge < -0.3 is 10.2 Å². The maximum atomic E-state index is 6.49. The fourth-order valence-corrected chi connectivity index (χ4v) is 3.11. The van der Waals surface area contributed by atoms with E-state index in [0.29, 0.717) is 12.1 Å². The highest BCUT2D eigenvalue weighted by Gasteiger charge is 2.27. The Morgan fingerprint density at radius 3 is 2.45 bits per heavy atom. The molecule has 112 valence electrons. The third kappa shape index (κ3) is 3.46. The van der Waals surface area contributed by atoms with Crippen molar-refractivity contribution in [1.82, 2.24) is 10.2 Å². The number of rotatable bonds is 4. The number of piperazine rings is 1. The fourth-order valence-electron chi connectivity index (χ4n) is 2.79. The molecule has 3 nitrogen and oxygen atoms in total. The van der Waals surface area contributed by atoms with Crippen molar-refractivity contribution in [1.29, 1.82) is 0 Å². The molecule has 1 saturated heterocycles. The van der Waals surface area contributed by atoms with Gasteiger partial charge in [0, 0.05) is 31.7 Å². The molecule has 0 bridgehead atoms. The van der Waals surface area contributed by atoms with Crippen molar-refractivity contribution in [2.24, 2.45) is 0 Å². The van der Waals surface area contributed by atoms with Gasteiger partial charge >= 0.3 is 0 Å². The lowest BCUT2D eigenvalue weighted by atomic mass is 10.1. The topological polar surface area (TPSA) is 18.5 Å². The minimum Gasteiger partial charge on any atom is -0.367 e. The number of benzene rings is 1. The molecule has 4 heteroatoms. The number of halogens is 1. The van der Waals surface area contributed by atoms with E-state index in [1.165, 1.54) is 11.3 Å². The van der Waals surface area contributed by atoms with E-state index in [4.69, 9.17) is 11.6 Å². The highest BCUT2D eigenvalue weighted by molar-refractivity contribution is 6.33. The van der Waals surface area contributed by atoms with E-state index in [1.54, 1.807) is 0 Å². The summed E-state index contributed by atoms with van der Waals surface area (Å²) in [7, 11) is 2.20. The van der Waals surface area contributed by atoms with Crippen LogP contribution in [0.4, 0.5) is 5.69 Å². The van der Waals surface area contributed by atoms with Gasteiger partial charge in [-0.2, -0.15) is 0 Å². The molecule has 0 radical (unpaired) electrons. The molecule has 0 aliphatic carbocycles.